The molecule has 0 spiro atoms. The molecule has 2 aliphatic rings. The van der Waals surface area contributed by atoms with Crippen LogP contribution in [-0.4, -0.2) is 43.0 Å². The van der Waals surface area contributed by atoms with Crippen molar-refractivity contribution in [2.45, 2.75) is 50.5 Å². The van der Waals surface area contributed by atoms with Gasteiger partial charge in [-0.1, -0.05) is 19.3 Å². The molecule has 0 bridgehead atoms. The first kappa shape index (κ1) is 13.8. The Kier molecular flexibility index (Phi) is 4.62. The van der Waals surface area contributed by atoms with E-state index >= 15 is 0 Å². The van der Waals surface area contributed by atoms with Gasteiger partial charge in [0.15, 0.2) is 0 Å². The number of hydrogen-bond acceptors (Lipinski definition) is 3. The molecule has 0 atom stereocenters. The van der Waals surface area contributed by atoms with E-state index in [-0.39, 0.29) is 5.91 Å². The van der Waals surface area contributed by atoms with Crippen molar-refractivity contribution in [2.24, 2.45) is 11.7 Å². The van der Waals surface area contributed by atoms with E-state index in [0.29, 0.717) is 5.92 Å². The summed E-state index contributed by atoms with van der Waals surface area (Å²) in [4.78, 5) is 14.5. The summed E-state index contributed by atoms with van der Waals surface area (Å²) >= 11 is 0. The topological polar surface area (TPSA) is 58.4 Å². The second-order valence-electron chi connectivity index (χ2n) is 6.17. The third kappa shape index (κ3) is 3.45. The van der Waals surface area contributed by atoms with Crippen LogP contribution < -0.4 is 11.1 Å². The summed E-state index contributed by atoms with van der Waals surface area (Å²) in [6, 6.07) is 0. The smallest absolute Gasteiger partial charge is 0.240 e. The van der Waals surface area contributed by atoms with Crippen molar-refractivity contribution in [2.75, 3.05) is 26.7 Å². The van der Waals surface area contributed by atoms with Gasteiger partial charge in [-0.25, -0.2) is 0 Å². The highest BCUT2D eigenvalue weighted by atomic mass is 16.2. The van der Waals surface area contributed by atoms with Crippen molar-refractivity contribution in [3.8, 4) is 0 Å². The molecule has 4 heteroatoms. The molecule has 2 rings (SSSR count). The fourth-order valence-electron chi connectivity index (χ4n) is 3.09. The lowest BCUT2D eigenvalue weighted by molar-refractivity contribution is -0.127. The second-order valence-corrected chi connectivity index (χ2v) is 6.17. The molecule has 0 aromatic carbocycles. The SMILES string of the molecule is CN1CCC(CNC(=O)C2(N)CCCCC2)CC1. The van der Waals surface area contributed by atoms with Gasteiger partial charge >= 0.3 is 0 Å². The molecule has 104 valence electrons. The number of nitrogens with two attached hydrogens (primary N) is 1. The maximum absolute atomic E-state index is 12.2. The summed E-state index contributed by atoms with van der Waals surface area (Å²) in [5.74, 6) is 0.721. The molecular formula is C14H27N3O. The Balaban J connectivity index is 1.74. The van der Waals surface area contributed by atoms with Crippen LogP contribution in [0.15, 0.2) is 0 Å². The Morgan fingerprint density at radius 2 is 1.89 bits per heavy atom. The van der Waals surface area contributed by atoms with E-state index < -0.39 is 5.54 Å². The molecule has 0 aromatic rings. The van der Waals surface area contributed by atoms with E-state index in [4.69, 9.17) is 5.73 Å². The average Bonchev–Trinajstić information content (AvgIpc) is 2.38. The summed E-state index contributed by atoms with van der Waals surface area (Å²) < 4.78 is 0. The number of carbonyl (C=O) groups is 1. The molecule has 0 unspecified atom stereocenters. The van der Waals surface area contributed by atoms with Crippen LogP contribution in [0.1, 0.15) is 44.9 Å². The molecule has 1 amide bonds. The second kappa shape index (κ2) is 6.02. The molecule has 0 aromatic heterocycles. The zero-order valence-electron chi connectivity index (χ0n) is 11.6. The molecule has 4 nitrogen and oxygen atoms in total. The van der Waals surface area contributed by atoms with E-state index in [1.807, 2.05) is 0 Å². The molecule has 1 aliphatic heterocycles. The standard InChI is InChI=1S/C14H27N3O/c1-17-9-5-12(6-10-17)11-16-13(18)14(15)7-3-2-4-8-14/h12H,2-11,15H2,1H3,(H,16,18). The van der Waals surface area contributed by atoms with E-state index in [2.05, 4.69) is 17.3 Å². The number of hydrogen-bond donors (Lipinski definition) is 2. The highest BCUT2D eigenvalue weighted by Gasteiger charge is 2.35. The summed E-state index contributed by atoms with van der Waals surface area (Å²) in [5, 5.41) is 3.09. The Hall–Kier alpha value is -0.610. The molecule has 0 radical (unpaired) electrons. The van der Waals surface area contributed by atoms with Crippen LogP contribution in [0.25, 0.3) is 0 Å². The van der Waals surface area contributed by atoms with Crippen LogP contribution in [0, 0.1) is 5.92 Å². The molecule has 1 saturated heterocycles. The predicted octanol–water partition coefficient (Wildman–Crippen LogP) is 1.11. The monoisotopic (exact) mass is 253 g/mol. The van der Waals surface area contributed by atoms with Gasteiger partial charge in [-0.2, -0.15) is 0 Å². The molecular weight excluding hydrogens is 226 g/mol. The minimum absolute atomic E-state index is 0.0844. The summed E-state index contributed by atoms with van der Waals surface area (Å²) in [5.41, 5.74) is 5.64. The van der Waals surface area contributed by atoms with Crippen LogP contribution in [0.3, 0.4) is 0 Å². The first-order valence-electron chi connectivity index (χ1n) is 7.36. The van der Waals surface area contributed by atoms with Gasteiger partial charge in [0.05, 0.1) is 5.54 Å². The Labute approximate surface area is 110 Å². The number of piperidine rings is 1. The molecule has 18 heavy (non-hydrogen) atoms. The third-order valence-corrected chi connectivity index (χ3v) is 4.59. The lowest BCUT2D eigenvalue weighted by Crippen LogP contribution is -2.55. The van der Waals surface area contributed by atoms with Crippen LogP contribution in [0.5, 0.6) is 0 Å². The highest BCUT2D eigenvalue weighted by molar-refractivity contribution is 5.86. The molecule has 1 aliphatic carbocycles. The summed E-state index contributed by atoms with van der Waals surface area (Å²) in [7, 11) is 2.16. The quantitative estimate of drug-likeness (QED) is 0.792. The van der Waals surface area contributed by atoms with E-state index in [1.54, 1.807) is 0 Å². The first-order valence-corrected chi connectivity index (χ1v) is 7.36. The number of amides is 1. The molecule has 1 heterocycles. The van der Waals surface area contributed by atoms with Crippen LogP contribution in [0.4, 0.5) is 0 Å². The van der Waals surface area contributed by atoms with Crippen LogP contribution in [-0.2, 0) is 4.79 Å². The molecule has 1 saturated carbocycles. The van der Waals surface area contributed by atoms with Crippen molar-refractivity contribution in [3.05, 3.63) is 0 Å². The largest absolute Gasteiger partial charge is 0.354 e. The van der Waals surface area contributed by atoms with Crippen molar-refractivity contribution in [3.63, 3.8) is 0 Å². The average molecular weight is 253 g/mol. The van der Waals surface area contributed by atoms with Crippen molar-refractivity contribution in [1.29, 1.82) is 0 Å². The number of carbonyl (C=O) groups excluding carboxylic acids is 1. The number of nitrogens with one attached hydrogen (secondary N) is 1. The van der Waals surface area contributed by atoms with Gasteiger partial charge in [-0.15, -0.1) is 0 Å². The highest BCUT2D eigenvalue weighted by Crippen LogP contribution is 2.26. The van der Waals surface area contributed by atoms with Crippen molar-refractivity contribution >= 4 is 5.91 Å². The zero-order chi connectivity index (χ0) is 13.0. The number of rotatable bonds is 3. The zero-order valence-corrected chi connectivity index (χ0v) is 11.6. The lowest BCUT2D eigenvalue weighted by Gasteiger charge is -2.33. The van der Waals surface area contributed by atoms with Gasteiger partial charge < -0.3 is 16.0 Å². The van der Waals surface area contributed by atoms with E-state index in [1.165, 1.54) is 19.3 Å². The fraction of sp³-hybridized carbons (Fsp3) is 0.929. The normalized spacial score (nSPS) is 25.9. The Morgan fingerprint density at radius 3 is 2.50 bits per heavy atom. The van der Waals surface area contributed by atoms with Crippen LogP contribution >= 0.6 is 0 Å². The predicted molar refractivity (Wildman–Crippen MR) is 73.2 cm³/mol. The van der Waals surface area contributed by atoms with Crippen molar-refractivity contribution in [1.82, 2.24) is 10.2 Å². The minimum Gasteiger partial charge on any atom is -0.354 e. The van der Waals surface area contributed by atoms with Gasteiger partial charge in [-0.3, -0.25) is 4.79 Å². The summed E-state index contributed by atoms with van der Waals surface area (Å²) in [6.45, 7) is 3.11. The van der Waals surface area contributed by atoms with Gasteiger partial charge in [-0.05, 0) is 51.7 Å². The maximum Gasteiger partial charge on any atom is 0.240 e. The van der Waals surface area contributed by atoms with Crippen LogP contribution in [0.2, 0.25) is 0 Å². The number of likely N-dealkylation sites (tertiary alicyclic amines) is 1. The maximum atomic E-state index is 12.2. The Morgan fingerprint density at radius 1 is 1.28 bits per heavy atom. The van der Waals surface area contributed by atoms with Gasteiger partial charge in [0.25, 0.3) is 0 Å². The van der Waals surface area contributed by atoms with Gasteiger partial charge in [0.2, 0.25) is 5.91 Å². The van der Waals surface area contributed by atoms with Crippen molar-refractivity contribution < 1.29 is 4.79 Å². The Bertz CT molecular complexity index is 279. The first-order chi connectivity index (χ1) is 8.60. The lowest BCUT2D eigenvalue weighted by atomic mass is 9.81. The van der Waals surface area contributed by atoms with Gasteiger partial charge in [0.1, 0.15) is 0 Å². The minimum atomic E-state index is -0.580. The third-order valence-electron chi connectivity index (χ3n) is 4.59. The van der Waals surface area contributed by atoms with E-state index in [9.17, 15) is 4.79 Å². The molecule has 3 N–H and O–H groups in total. The molecule has 2 fully saturated rings. The van der Waals surface area contributed by atoms with Gasteiger partial charge in [0, 0.05) is 6.54 Å². The van der Waals surface area contributed by atoms with E-state index in [0.717, 1.165) is 45.3 Å². The summed E-state index contributed by atoms with van der Waals surface area (Å²) in [6.07, 6.45) is 7.50. The fourth-order valence-corrected chi connectivity index (χ4v) is 3.09. The number of nitrogens with zero attached hydrogens (tertiary/aromatic N) is 1.